The summed E-state index contributed by atoms with van der Waals surface area (Å²) in [6.07, 6.45) is 1.16. The van der Waals surface area contributed by atoms with E-state index in [0.717, 1.165) is 25.0 Å². The second kappa shape index (κ2) is 7.19. The van der Waals surface area contributed by atoms with Crippen LogP contribution in [-0.4, -0.2) is 64.1 Å². The van der Waals surface area contributed by atoms with Gasteiger partial charge < -0.3 is 15.1 Å². The van der Waals surface area contributed by atoms with Crippen LogP contribution in [0.5, 0.6) is 0 Å². The SMILES string of the molecule is CS(=O)(=O)CCNC(=O)N1CCN(c2cccc(Cl)c2)CC1. The quantitative estimate of drug-likeness (QED) is 0.890. The summed E-state index contributed by atoms with van der Waals surface area (Å²) in [5.74, 6) is -0.0405. The normalized spacial score (nSPS) is 15.7. The molecule has 1 saturated heterocycles. The predicted octanol–water partition coefficient (Wildman–Crippen LogP) is 1.22. The summed E-state index contributed by atoms with van der Waals surface area (Å²) in [6, 6.07) is 7.42. The molecule has 8 heteroatoms. The van der Waals surface area contributed by atoms with Gasteiger partial charge in [0.05, 0.1) is 5.75 Å². The Hall–Kier alpha value is -1.47. The smallest absolute Gasteiger partial charge is 0.317 e. The molecule has 1 aliphatic heterocycles. The molecule has 0 bridgehead atoms. The minimum atomic E-state index is -3.05. The van der Waals surface area contributed by atoms with Crippen LogP contribution in [0.2, 0.25) is 5.02 Å². The van der Waals surface area contributed by atoms with Crippen molar-refractivity contribution in [2.75, 3.05) is 49.6 Å². The number of sulfone groups is 1. The van der Waals surface area contributed by atoms with E-state index in [1.807, 2.05) is 24.3 Å². The van der Waals surface area contributed by atoms with Gasteiger partial charge in [0.2, 0.25) is 0 Å². The summed E-state index contributed by atoms with van der Waals surface area (Å²) >= 11 is 5.99. The molecule has 0 spiro atoms. The first-order valence-corrected chi connectivity index (χ1v) is 9.50. The Balaban J connectivity index is 1.80. The molecule has 1 fully saturated rings. The van der Waals surface area contributed by atoms with Gasteiger partial charge in [-0.05, 0) is 18.2 Å². The van der Waals surface area contributed by atoms with Gasteiger partial charge in [0.25, 0.3) is 0 Å². The number of nitrogens with zero attached hydrogens (tertiary/aromatic N) is 2. The third kappa shape index (κ3) is 5.06. The van der Waals surface area contributed by atoms with Gasteiger partial charge in [-0.1, -0.05) is 17.7 Å². The first-order chi connectivity index (χ1) is 10.3. The summed E-state index contributed by atoms with van der Waals surface area (Å²) in [5.41, 5.74) is 1.05. The topological polar surface area (TPSA) is 69.7 Å². The highest BCUT2D eigenvalue weighted by Gasteiger charge is 2.21. The number of urea groups is 1. The van der Waals surface area contributed by atoms with E-state index in [4.69, 9.17) is 11.6 Å². The predicted molar refractivity (Wildman–Crippen MR) is 88.3 cm³/mol. The molecule has 0 atom stereocenters. The summed E-state index contributed by atoms with van der Waals surface area (Å²) in [4.78, 5) is 15.8. The lowest BCUT2D eigenvalue weighted by atomic mass is 10.2. The Morgan fingerprint density at radius 3 is 2.55 bits per heavy atom. The van der Waals surface area contributed by atoms with Gasteiger partial charge in [0.15, 0.2) is 0 Å². The highest BCUT2D eigenvalue weighted by atomic mass is 35.5. The lowest BCUT2D eigenvalue weighted by Gasteiger charge is -2.36. The standard InChI is InChI=1S/C14H20ClN3O3S/c1-22(20,21)10-5-16-14(19)18-8-6-17(7-9-18)13-4-2-3-12(15)11-13/h2-4,11H,5-10H2,1H3,(H,16,19). The third-order valence-electron chi connectivity index (χ3n) is 3.49. The molecule has 1 aromatic carbocycles. The van der Waals surface area contributed by atoms with E-state index in [9.17, 15) is 13.2 Å². The van der Waals surface area contributed by atoms with Crippen molar-refractivity contribution in [2.45, 2.75) is 0 Å². The molecule has 122 valence electrons. The Labute approximate surface area is 136 Å². The number of halogens is 1. The number of nitrogens with one attached hydrogen (secondary N) is 1. The molecule has 1 heterocycles. The number of benzene rings is 1. The second-order valence-electron chi connectivity index (χ2n) is 5.32. The molecule has 2 rings (SSSR count). The van der Waals surface area contributed by atoms with E-state index in [2.05, 4.69) is 10.2 Å². The van der Waals surface area contributed by atoms with Crippen LogP contribution < -0.4 is 10.2 Å². The van der Waals surface area contributed by atoms with E-state index in [-0.39, 0.29) is 18.3 Å². The van der Waals surface area contributed by atoms with Crippen LogP contribution in [0.4, 0.5) is 10.5 Å². The van der Waals surface area contributed by atoms with Crippen LogP contribution in [0.15, 0.2) is 24.3 Å². The maximum Gasteiger partial charge on any atom is 0.317 e. The molecule has 1 aliphatic rings. The van der Waals surface area contributed by atoms with Crippen LogP contribution in [0.25, 0.3) is 0 Å². The highest BCUT2D eigenvalue weighted by Crippen LogP contribution is 2.20. The second-order valence-corrected chi connectivity index (χ2v) is 8.01. The molecule has 1 N–H and O–H groups in total. The zero-order chi connectivity index (χ0) is 16.2. The van der Waals surface area contributed by atoms with E-state index in [0.29, 0.717) is 18.1 Å². The molecule has 0 unspecified atom stereocenters. The van der Waals surface area contributed by atoms with Gasteiger partial charge in [-0.15, -0.1) is 0 Å². The number of carbonyl (C=O) groups is 1. The van der Waals surface area contributed by atoms with Gasteiger partial charge in [-0.3, -0.25) is 0 Å². The lowest BCUT2D eigenvalue weighted by molar-refractivity contribution is 0.195. The minimum Gasteiger partial charge on any atom is -0.368 e. The average molecular weight is 346 g/mol. The fraction of sp³-hybridized carbons (Fsp3) is 0.500. The van der Waals surface area contributed by atoms with Crippen molar-refractivity contribution >= 4 is 33.2 Å². The monoisotopic (exact) mass is 345 g/mol. The van der Waals surface area contributed by atoms with Crippen LogP contribution in [0.3, 0.4) is 0 Å². The molecule has 0 radical (unpaired) electrons. The van der Waals surface area contributed by atoms with Crippen LogP contribution in [-0.2, 0) is 9.84 Å². The number of piperazine rings is 1. The number of hydrogen-bond acceptors (Lipinski definition) is 4. The number of rotatable bonds is 4. The molecule has 2 amide bonds. The van der Waals surface area contributed by atoms with Crippen molar-refractivity contribution < 1.29 is 13.2 Å². The van der Waals surface area contributed by atoms with Crippen molar-refractivity contribution in [3.05, 3.63) is 29.3 Å². The largest absolute Gasteiger partial charge is 0.368 e. The van der Waals surface area contributed by atoms with Gasteiger partial charge in [-0.25, -0.2) is 13.2 Å². The molecule has 0 aromatic heterocycles. The molecule has 0 saturated carbocycles. The van der Waals surface area contributed by atoms with Gasteiger partial charge >= 0.3 is 6.03 Å². The fourth-order valence-electron chi connectivity index (χ4n) is 2.30. The average Bonchev–Trinajstić information content (AvgIpc) is 2.46. The Bertz CT molecular complexity index is 628. The number of carbonyl (C=O) groups excluding carboxylic acids is 1. The van der Waals surface area contributed by atoms with Gasteiger partial charge in [-0.2, -0.15) is 0 Å². The molecule has 6 nitrogen and oxygen atoms in total. The molecule has 1 aromatic rings. The Kier molecular flexibility index (Phi) is 5.52. The summed E-state index contributed by atoms with van der Waals surface area (Å²) in [6.45, 7) is 2.78. The lowest BCUT2D eigenvalue weighted by Crippen LogP contribution is -2.52. The van der Waals surface area contributed by atoms with Gasteiger partial charge in [0, 0.05) is 49.7 Å². The van der Waals surface area contributed by atoms with E-state index in [1.165, 1.54) is 0 Å². The van der Waals surface area contributed by atoms with Crippen LogP contribution in [0, 0.1) is 0 Å². The first-order valence-electron chi connectivity index (χ1n) is 7.06. The fourth-order valence-corrected chi connectivity index (χ4v) is 2.95. The Morgan fingerprint density at radius 1 is 1.27 bits per heavy atom. The van der Waals surface area contributed by atoms with Crippen molar-refractivity contribution in [3.63, 3.8) is 0 Å². The Morgan fingerprint density at radius 2 is 1.95 bits per heavy atom. The van der Waals surface area contributed by atoms with Gasteiger partial charge in [0.1, 0.15) is 9.84 Å². The molecular formula is C14H20ClN3O3S. The number of amides is 2. The van der Waals surface area contributed by atoms with Crippen molar-refractivity contribution in [1.29, 1.82) is 0 Å². The number of anilines is 1. The number of hydrogen-bond donors (Lipinski definition) is 1. The summed E-state index contributed by atoms with van der Waals surface area (Å²) in [7, 11) is -3.05. The van der Waals surface area contributed by atoms with Crippen molar-refractivity contribution in [3.8, 4) is 0 Å². The highest BCUT2D eigenvalue weighted by molar-refractivity contribution is 7.90. The van der Waals surface area contributed by atoms with E-state index < -0.39 is 9.84 Å². The maximum absolute atomic E-state index is 12.0. The van der Waals surface area contributed by atoms with Crippen LogP contribution >= 0.6 is 11.6 Å². The third-order valence-corrected chi connectivity index (χ3v) is 4.67. The van der Waals surface area contributed by atoms with Crippen LogP contribution in [0.1, 0.15) is 0 Å². The summed E-state index contributed by atoms with van der Waals surface area (Å²) < 4.78 is 22.1. The molecule has 22 heavy (non-hydrogen) atoms. The zero-order valence-electron chi connectivity index (χ0n) is 12.5. The van der Waals surface area contributed by atoms with E-state index in [1.54, 1.807) is 4.90 Å². The van der Waals surface area contributed by atoms with E-state index >= 15 is 0 Å². The molecular weight excluding hydrogens is 326 g/mol. The minimum absolute atomic E-state index is 0.0405. The maximum atomic E-state index is 12.0. The zero-order valence-corrected chi connectivity index (χ0v) is 14.0. The summed E-state index contributed by atoms with van der Waals surface area (Å²) in [5, 5.41) is 3.33. The van der Waals surface area contributed by atoms with Crippen molar-refractivity contribution in [2.24, 2.45) is 0 Å². The van der Waals surface area contributed by atoms with Crippen molar-refractivity contribution in [1.82, 2.24) is 10.2 Å². The molecule has 0 aliphatic carbocycles. The first kappa shape index (κ1) is 16.9.